The molecule has 2 aliphatic rings. The molecule has 5 rings (SSSR count). The number of rotatable bonds is 9. The van der Waals surface area contributed by atoms with Gasteiger partial charge in [0.25, 0.3) is 11.8 Å². The Kier molecular flexibility index (Phi) is 9.93. The first-order valence-corrected chi connectivity index (χ1v) is 14.5. The average Bonchev–Trinajstić information content (AvgIpc) is 3.50. The van der Waals surface area contributed by atoms with Crippen molar-refractivity contribution in [3.05, 3.63) is 52.8 Å². The van der Waals surface area contributed by atoms with E-state index in [4.69, 9.17) is 16.3 Å². The highest BCUT2D eigenvalue weighted by Crippen LogP contribution is 2.31. The Bertz CT molecular complexity index is 1470. The summed E-state index contributed by atoms with van der Waals surface area (Å²) in [4.78, 5) is 39.3. The van der Waals surface area contributed by atoms with E-state index in [1.165, 1.54) is 10.9 Å². The number of amides is 2. The van der Waals surface area contributed by atoms with Crippen LogP contribution in [0, 0.1) is 0 Å². The summed E-state index contributed by atoms with van der Waals surface area (Å²) in [5.41, 5.74) is -0.118. The van der Waals surface area contributed by atoms with E-state index < -0.39 is 28.6 Å². The molecule has 236 valence electrons. The Morgan fingerprint density at radius 2 is 1.82 bits per heavy atom. The third-order valence-electron chi connectivity index (χ3n) is 7.34. The van der Waals surface area contributed by atoms with E-state index >= 15 is 0 Å². The number of carbonyl (C=O) groups is 2. The number of ether oxygens (including phenoxy) is 1. The molecule has 44 heavy (non-hydrogen) atoms. The summed E-state index contributed by atoms with van der Waals surface area (Å²) < 4.78 is 45.8. The molecular formula is C27H32ClF3N10O3. The number of alkyl halides is 3. The highest BCUT2D eigenvalue weighted by Gasteiger charge is 2.34. The van der Waals surface area contributed by atoms with Crippen molar-refractivity contribution in [1.29, 1.82) is 0 Å². The zero-order valence-electron chi connectivity index (χ0n) is 24.0. The quantitative estimate of drug-likeness (QED) is 0.337. The lowest BCUT2D eigenvalue weighted by atomic mass is 10.2. The molecule has 4 heterocycles. The maximum atomic E-state index is 13.1. The summed E-state index contributed by atoms with van der Waals surface area (Å²) in [5.74, 6) is -1.20. The summed E-state index contributed by atoms with van der Waals surface area (Å²) in [6.45, 7) is 7.46. The van der Waals surface area contributed by atoms with Crippen LogP contribution in [0.1, 0.15) is 33.1 Å². The molecule has 2 saturated heterocycles. The molecule has 0 atom stereocenters. The standard InChI is InChI=1S/C27H32ClF3N10O3/c1-38-7-9-40(10-8-38)21-4-3-18(15-19(21)34-26(43)23-24(28)35-22(16-33-23)27(29,30)31)41-17-20(36-37-41)25(42)32-5-2-6-39-11-13-44-14-12-39/h3-4,15-17H,2,5-14H2,1H3,(H,32,42)(H,34,43). The minimum atomic E-state index is -4.76. The van der Waals surface area contributed by atoms with Crippen molar-refractivity contribution in [3.63, 3.8) is 0 Å². The number of likely N-dealkylation sites (N-methyl/N-ethyl adjacent to an activating group) is 1. The number of nitrogens with zero attached hydrogens (tertiary/aromatic N) is 8. The summed E-state index contributed by atoms with van der Waals surface area (Å²) >= 11 is 5.93. The molecule has 0 spiro atoms. The molecule has 2 aromatic heterocycles. The number of benzene rings is 1. The largest absolute Gasteiger partial charge is 0.434 e. The molecule has 13 nitrogen and oxygen atoms in total. The van der Waals surface area contributed by atoms with Gasteiger partial charge in [0.1, 0.15) is 0 Å². The molecule has 2 N–H and O–H groups in total. The van der Waals surface area contributed by atoms with Crippen molar-refractivity contribution in [1.82, 2.24) is 40.1 Å². The number of carbonyl (C=O) groups excluding carboxylic acids is 2. The molecule has 2 amide bonds. The van der Waals surface area contributed by atoms with Crippen LogP contribution >= 0.6 is 11.6 Å². The molecule has 0 aliphatic carbocycles. The Morgan fingerprint density at radius 3 is 2.52 bits per heavy atom. The summed E-state index contributed by atoms with van der Waals surface area (Å²) in [7, 11) is 2.01. The van der Waals surface area contributed by atoms with Crippen LogP contribution < -0.4 is 15.5 Å². The number of anilines is 2. The fourth-order valence-corrected chi connectivity index (χ4v) is 5.07. The van der Waals surface area contributed by atoms with E-state index in [2.05, 4.69) is 45.6 Å². The first-order valence-electron chi connectivity index (χ1n) is 14.1. The third-order valence-corrected chi connectivity index (χ3v) is 7.60. The van der Waals surface area contributed by atoms with E-state index in [0.717, 1.165) is 39.1 Å². The van der Waals surface area contributed by atoms with Gasteiger partial charge in [-0.3, -0.25) is 14.5 Å². The van der Waals surface area contributed by atoms with Gasteiger partial charge in [0, 0.05) is 45.8 Å². The lowest BCUT2D eigenvalue weighted by Gasteiger charge is -2.35. The van der Waals surface area contributed by atoms with Gasteiger partial charge in [-0.1, -0.05) is 16.8 Å². The first-order chi connectivity index (χ1) is 21.1. The molecule has 0 bridgehead atoms. The SMILES string of the molecule is CN1CCN(c2ccc(-n3cc(C(=O)NCCCN4CCOCC4)nn3)cc2NC(=O)c2ncc(C(F)(F)F)nc2Cl)CC1. The minimum Gasteiger partial charge on any atom is -0.379 e. The maximum Gasteiger partial charge on any atom is 0.434 e. The fourth-order valence-electron chi connectivity index (χ4n) is 4.84. The fraction of sp³-hybridized carbons (Fsp3) is 0.481. The molecular weight excluding hydrogens is 605 g/mol. The average molecular weight is 637 g/mol. The van der Waals surface area contributed by atoms with Crippen molar-refractivity contribution in [2.75, 3.05) is 82.8 Å². The van der Waals surface area contributed by atoms with Gasteiger partial charge in [-0.05, 0) is 38.2 Å². The lowest BCUT2D eigenvalue weighted by Crippen LogP contribution is -2.44. The molecule has 2 aliphatic heterocycles. The highest BCUT2D eigenvalue weighted by atomic mass is 35.5. The molecule has 1 aromatic carbocycles. The number of halogens is 4. The van der Waals surface area contributed by atoms with Gasteiger partial charge in [0.05, 0.1) is 42.7 Å². The molecule has 0 radical (unpaired) electrons. The monoisotopic (exact) mass is 636 g/mol. The van der Waals surface area contributed by atoms with E-state index in [-0.39, 0.29) is 11.6 Å². The van der Waals surface area contributed by atoms with Crippen LogP contribution in [-0.4, -0.2) is 119 Å². The van der Waals surface area contributed by atoms with Crippen molar-refractivity contribution in [3.8, 4) is 5.69 Å². The second-order valence-electron chi connectivity index (χ2n) is 10.5. The molecule has 2 fully saturated rings. The zero-order valence-corrected chi connectivity index (χ0v) is 24.7. The molecule has 0 saturated carbocycles. The molecule has 3 aromatic rings. The molecule has 0 unspecified atom stereocenters. The third kappa shape index (κ3) is 7.80. The lowest BCUT2D eigenvalue weighted by molar-refractivity contribution is -0.141. The van der Waals surface area contributed by atoms with E-state index in [1.54, 1.807) is 18.2 Å². The number of morpholine rings is 1. The van der Waals surface area contributed by atoms with Gasteiger partial charge in [-0.15, -0.1) is 5.10 Å². The Labute approximate surface area is 256 Å². The smallest absolute Gasteiger partial charge is 0.379 e. The Hall–Kier alpha value is -3.86. The van der Waals surface area contributed by atoms with Crippen LogP contribution in [0.4, 0.5) is 24.5 Å². The maximum absolute atomic E-state index is 13.1. The number of nitrogens with one attached hydrogen (secondary N) is 2. The van der Waals surface area contributed by atoms with E-state index in [9.17, 15) is 22.8 Å². The van der Waals surface area contributed by atoms with Crippen LogP contribution in [-0.2, 0) is 10.9 Å². The Morgan fingerprint density at radius 1 is 1.07 bits per heavy atom. The van der Waals surface area contributed by atoms with Gasteiger partial charge >= 0.3 is 6.18 Å². The van der Waals surface area contributed by atoms with Crippen molar-refractivity contribution < 1.29 is 27.5 Å². The summed E-state index contributed by atoms with van der Waals surface area (Å²) in [5, 5.41) is 13.0. The van der Waals surface area contributed by atoms with Gasteiger partial charge in [-0.25, -0.2) is 14.6 Å². The summed E-state index contributed by atoms with van der Waals surface area (Å²) in [6.07, 6.45) is -2.04. The van der Waals surface area contributed by atoms with Crippen LogP contribution in [0.5, 0.6) is 0 Å². The minimum absolute atomic E-state index is 0.122. The second kappa shape index (κ2) is 13.8. The van der Waals surface area contributed by atoms with Crippen LogP contribution in [0.3, 0.4) is 0 Å². The van der Waals surface area contributed by atoms with E-state index in [0.29, 0.717) is 56.1 Å². The summed E-state index contributed by atoms with van der Waals surface area (Å²) in [6, 6.07) is 5.20. The first kappa shape index (κ1) is 31.6. The number of aromatic nitrogens is 5. The topological polar surface area (TPSA) is 134 Å². The van der Waals surface area contributed by atoms with Crippen molar-refractivity contribution in [2.45, 2.75) is 12.6 Å². The second-order valence-corrected chi connectivity index (χ2v) is 10.8. The van der Waals surface area contributed by atoms with Crippen LogP contribution in [0.15, 0.2) is 30.6 Å². The van der Waals surface area contributed by atoms with Gasteiger partial charge in [0.2, 0.25) is 0 Å². The van der Waals surface area contributed by atoms with Gasteiger partial charge < -0.3 is 25.2 Å². The van der Waals surface area contributed by atoms with Gasteiger partial charge in [0.15, 0.2) is 22.2 Å². The number of hydrogen-bond acceptors (Lipinski definition) is 10. The van der Waals surface area contributed by atoms with Crippen molar-refractivity contribution >= 4 is 34.8 Å². The highest BCUT2D eigenvalue weighted by molar-refractivity contribution is 6.33. The Balaban J connectivity index is 1.31. The van der Waals surface area contributed by atoms with Crippen LogP contribution in [0.2, 0.25) is 5.15 Å². The van der Waals surface area contributed by atoms with Crippen molar-refractivity contribution in [2.24, 2.45) is 0 Å². The van der Waals surface area contributed by atoms with Crippen LogP contribution in [0.25, 0.3) is 5.69 Å². The van der Waals surface area contributed by atoms with E-state index in [1.807, 2.05) is 7.05 Å². The number of piperazine rings is 1. The molecule has 17 heteroatoms. The predicted molar refractivity (Wildman–Crippen MR) is 155 cm³/mol. The normalized spacial score (nSPS) is 16.6. The predicted octanol–water partition coefficient (Wildman–Crippen LogP) is 2.19. The van der Waals surface area contributed by atoms with Gasteiger partial charge in [-0.2, -0.15) is 13.2 Å². The zero-order chi connectivity index (χ0) is 31.3. The number of hydrogen-bond donors (Lipinski definition) is 2.